The van der Waals surface area contributed by atoms with Crippen LogP contribution in [-0.2, 0) is 9.59 Å². The summed E-state index contributed by atoms with van der Waals surface area (Å²) in [6.07, 6.45) is 5.32. The first-order valence-corrected chi connectivity index (χ1v) is 7.48. The van der Waals surface area contributed by atoms with E-state index in [4.69, 9.17) is 9.47 Å². The summed E-state index contributed by atoms with van der Waals surface area (Å²) in [4.78, 5) is 25.9. The van der Waals surface area contributed by atoms with E-state index in [0.29, 0.717) is 31.7 Å². The maximum atomic E-state index is 12.3. The average Bonchev–Trinajstić information content (AvgIpc) is 2.81. The van der Waals surface area contributed by atoms with Crippen molar-refractivity contribution < 1.29 is 19.1 Å². The molecule has 1 aliphatic carbocycles. The van der Waals surface area contributed by atoms with Crippen LogP contribution in [0.1, 0.15) is 12.8 Å². The minimum absolute atomic E-state index is 0.0577. The number of benzene rings is 1. The molecule has 1 aliphatic heterocycles. The Morgan fingerprint density at radius 1 is 1.00 bits per heavy atom. The fourth-order valence-corrected chi connectivity index (χ4v) is 3.02. The molecule has 1 heterocycles. The van der Waals surface area contributed by atoms with Gasteiger partial charge in [0.2, 0.25) is 11.8 Å². The van der Waals surface area contributed by atoms with E-state index in [1.54, 1.807) is 19.2 Å². The Hall–Kier alpha value is -2.30. The number of methoxy groups -OCH3 is 1. The van der Waals surface area contributed by atoms with Crippen LogP contribution in [0.25, 0.3) is 0 Å². The van der Waals surface area contributed by atoms with E-state index in [-0.39, 0.29) is 23.7 Å². The molecule has 0 saturated carbocycles. The quantitative estimate of drug-likeness (QED) is 0.617. The Labute approximate surface area is 129 Å². The zero-order chi connectivity index (χ0) is 15.5. The minimum Gasteiger partial charge on any atom is -0.497 e. The van der Waals surface area contributed by atoms with Crippen LogP contribution in [-0.4, -0.2) is 37.0 Å². The molecule has 5 nitrogen and oxygen atoms in total. The summed E-state index contributed by atoms with van der Waals surface area (Å²) in [6, 6.07) is 7.22. The second-order valence-corrected chi connectivity index (χ2v) is 5.51. The number of carbonyl (C=O) groups excluding carboxylic acids is 2. The van der Waals surface area contributed by atoms with Crippen LogP contribution in [0.4, 0.5) is 0 Å². The number of imide groups is 1. The molecule has 22 heavy (non-hydrogen) atoms. The van der Waals surface area contributed by atoms with Gasteiger partial charge in [0.15, 0.2) is 0 Å². The van der Waals surface area contributed by atoms with Gasteiger partial charge in [0, 0.05) is 0 Å². The number of likely N-dealkylation sites (tertiary alicyclic amines) is 1. The van der Waals surface area contributed by atoms with E-state index in [1.165, 1.54) is 4.90 Å². The third kappa shape index (κ3) is 2.71. The molecule has 2 atom stereocenters. The largest absolute Gasteiger partial charge is 0.497 e. The van der Waals surface area contributed by atoms with E-state index in [9.17, 15) is 9.59 Å². The molecule has 0 bridgehead atoms. The number of ether oxygens (including phenoxy) is 2. The van der Waals surface area contributed by atoms with Gasteiger partial charge in [-0.25, -0.2) is 0 Å². The van der Waals surface area contributed by atoms with Crippen LogP contribution in [0, 0.1) is 11.8 Å². The molecule has 0 N–H and O–H groups in total. The maximum Gasteiger partial charge on any atom is 0.233 e. The molecule has 1 saturated heterocycles. The highest BCUT2D eigenvalue weighted by molar-refractivity contribution is 6.05. The highest BCUT2D eigenvalue weighted by Gasteiger charge is 2.46. The number of rotatable bonds is 5. The highest BCUT2D eigenvalue weighted by atomic mass is 16.5. The van der Waals surface area contributed by atoms with Crippen molar-refractivity contribution in [1.82, 2.24) is 4.90 Å². The van der Waals surface area contributed by atoms with Crippen molar-refractivity contribution in [2.24, 2.45) is 11.8 Å². The topological polar surface area (TPSA) is 55.8 Å². The van der Waals surface area contributed by atoms with Gasteiger partial charge in [-0.1, -0.05) is 12.2 Å². The first kappa shape index (κ1) is 14.6. The number of amides is 2. The molecule has 5 heteroatoms. The molecule has 2 amide bonds. The van der Waals surface area contributed by atoms with Crippen molar-refractivity contribution in [3.63, 3.8) is 0 Å². The molecular formula is C17H19NO4. The van der Waals surface area contributed by atoms with E-state index < -0.39 is 0 Å². The van der Waals surface area contributed by atoms with Crippen molar-refractivity contribution >= 4 is 11.8 Å². The smallest absolute Gasteiger partial charge is 0.233 e. The van der Waals surface area contributed by atoms with E-state index in [2.05, 4.69) is 0 Å². The molecule has 2 aliphatic rings. The third-order valence-electron chi connectivity index (χ3n) is 4.24. The summed E-state index contributed by atoms with van der Waals surface area (Å²) < 4.78 is 10.7. The summed E-state index contributed by atoms with van der Waals surface area (Å²) >= 11 is 0. The summed E-state index contributed by atoms with van der Waals surface area (Å²) in [5.41, 5.74) is 0. The second kappa shape index (κ2) is 6.22. The van der Waals surface area contributed by atoms with E-state index in [0.717, 1.165) is 5.75 Å². The normalized spacial score (nSPS) is 23.6. The third-order valence-corrected chi connectivity index (χ3v) is 4.24. The lowest BCUT2D eigenvalue weighted by molar-refractivity contribution is -0.140. The molecule has 0 unspecified atom stereocenters. The zero-order valence-corrected chi connectivity index (χ0v) is 12.5. The van der Waals surface area contributed by atoms with Gasteiger partial charge in [-0.15, -0.1) is 0 Å². The molecule has 1 fully saturated rings. The average molecular weight is 301 g/mol. The first-order chi connectivity index (χ1) is 10.7. The standard InChI is InChI=1S/C17H19NO4/c1-21-12-6-8-13(9-7-12)22-11-10-18-16(19)14-4-2-3-5-15(14)17(18)20/h2-3,6-9,14-15H,4-5,10-11H2,1H3/t14-,15-/m1/s1. The van der Waals surface area contributed by atoms with Crippen LogP contribution >= 0.6 is 0 Å². The molecule has 0 aromatic heterocycles. The summed E-state index contributed by atoms with van der Waals surface area (Å²) in [5.74, 6) is 1.00. The van der Waals surface area contributed by atoms with Gasteiger partial charge in [-0.3, -0.25) is 14.5 Å². The van der Waals surface area contributed by atoms with Gasteiger partial charge in [0.25, 0.3) is 0 Å². The lowest BCUT2D eigenvalue weighted by Crippen LogP contribution is -2.34. The van der Waals surface area contributed by atoms with E-state index >= 15 is 0 Å². The molecule has 116 valence electrons. The Morgan fingerprint density at radius 2 is 1.55 bits per heavy atom. The van der Waals surface area contributed by atoms with Crippen molar-refractivity contribution in [3.05, 3.63) is 36.4 Å². The van der Waals surface area contributed by atoms with Gasteiger partial charge in [-0.2, -0.15) is 0 Å². The number of nitrogens with zero attached hydrogens (tertiary/aromatic N) is 1. The fraction of sp³-hybridized carbons (Fsp3) is 0.412. The molecular weight excluding hydrogens is 282 g/mol. The molecule has 0 radical (unpaired) electrons. The fourth-order valence-electron chi connectivity index (χ4n) is 3.02. The summed E-state index contributed by atoms with van der Waals surface area (Å²) in [6.45, 7) is 0.605. The molecule has 3 rings (SSSR count). The van der Waals surface area contributed by atoms with E-state index in [1.807, 2.05) is 24.3 Å². The Bertz CT molecular complexity index is 567. The number of hydrogen-bond donors (Lipinski definition) is 0. The highest BCUT2D eigenvalue weighted by Crippen LogP contribution is 2.34. The number of allylic oxidation sites excluding steroid dienone is 2. The Balaban J connectivity index is 1.55. The predicted octanol–water partition coefficient (Wildman–Crippen LogP) is 2.03. The zero-order valence-electron chi connectivity index (χ0n) is 12.5. The maximum absolute atomic E-state index is 12.3. The summed E-state index contributed by atoms with van der Waals surface area (Å²) in [5, 5.41) is 0. The van der Waals surface area contributed by atoms with Gasteiger partial charge in [0.1, 0.15) is 18.1 Å². The lowest BCUT2D eigenvalue weighted by atomic mass is 9.85. The van der Waals surface area contributed by atoms with Crippen LogP contribution in [0.2, 0.25) is 0 Å². The van der Waals surface area contributed by atoms with Gasteiger partial charge < -0.3 is 9.47 Å². The van der Waals surface area contributed by atoms with Crippen LogP contribution in [0.3, 0.4) is 0 Å². The Morgan fingerprint density at radius 3 is 2.09 bits per heavy atom. The Kier molecular flexibility index (Phi) is 4.13. The number of fused-ring (bicyclic) bond motifs is 1. The predicted molar refractivity (Wildman–Crippen MR) is 80.6 cm³/mol. The number of carbonyl (C=O) groups is 2. The SMILES string of the molecule is COc1ccc(OCCN2C(=O)[C@@H]3CC=CC[C@H]3C2=O)cc1. The summed E-state index contributed by atoms with van der Waals surface area (Å²) in [7, 11) is 1.61. The second-order valence-electron chi connectivity index (χ2n) is 5.51. The van der Waals surface area contributed by atoms with Crippen LogP contribution < -0.4 is 9.47 Å². The first-order valence-electron chi connectivity index (χ1n) is 7.48. The van der Waals surface area contributed by atoms with Gasteiger partial charge >= 0.3 is 0 Å². The van der Waals surface area contributed by atoms with Crippen molar-refractivity contribution in [2.45, 2.75) is 12.8 Å². The molecule has 1 aromatic carbocycles. The van der Waals surface area contributed by atoms with Crippen LogP contribution in [0.5, 0.6) is 11.5 Å². The van der Waals surface area contributed by atoms with Gasteiger partial charge in [0.05, 0.1) is 25.5 Å². The monoisotopic (exact) mass is 301 g/mol. The van der Waals surface area contributed by atoms with Crippen molar-refractivity contribution in [3.8, 4) is 11.5 Å². The molecule has 1 aromatic rings. The minimum atomic E-state index is -0.168. The lowest BCUT2D eigenvalue weighted by Gasteiger charge is -2.15. The van der Waals surface area contributed by atoms with Crippen molar-refractivity contribution in [2.75, 3.05) is 20.3 Å². The van der Waals surface area contributed by atoms with Crippen LogP contribution in [0.15, 0.2) is 36.4 Å². The molecule has 0 spiro atoms. The van der Waals surface area contributed by atoms with Crippen molar-refractivity contribution in [1.29, 1.82) is 0 Å². The van der Waals surface area contributed by atoms with Gasteiger partial charge in [-0.05, 0) is 37.1 Å². The number of hydrogen-bond acceptors (Lipinski definition) is 4.